The van der Waals surface area contributed by atoms with Gasteiger partial charge in [-0.05, 0) is 0 Å². The molecular formula is C7H8N4O3. The van der Waals surface area contributed by atoms with Crippen molar-refractivity contribution in [2.75, 3.05) is 13.2 Å². The van der Waals surface area contributed by atoms with E-state index in [1.54, 1.807) is 0 Å². The summed E-state index contributed by atoms with van der Waals surface area (Å²) < 4.78 is 5.31. The van der Waals surface area contributed by atoms with Crippen LogP contribution in [0.2, 0.25) is 0 Å². The Bertz CT molecular complexity index is 355. The Labute approximate surface area is 78.9 Å². The van der Waals surface area contributed by atoms with E-state index in [4.69, 9.17) is 4.74 Å². The number of urea groups is 1. The predicted molar refractivity (Wildman–Crippen MR) is 42.4 cm³/mol. The molecule has 0 bridgehead atoms. The average molecular weight is 196 g/mol. The quantitative estimate of drug-likeness (QED) is 0.520. The number of nitrogens with zero attached hydrogens (tertiary/aromatic N) is 2. The third-order valence-electron chi connectivity index (χ3n) is 2.88. The Morgan fingerprint density at radius 1 is 1.50 bits per heavy atom. The zero-order valence-corrected chi connectivity index (χ0v) is 7.19. The van der Waals surface area contributed by atoms with Gasteiger partial charge in [-0.2, -0.15) is 10.2 Å². The van der Waals surface area contributed by atoms with Crippen LogP contribution >= 0.6 is 0 Å². The highest BCUT2D eigenvalue weighted by Gasteiger charge is 2.63. The number of rotatable bonds is 0. The Hall–Kier alpha value is -1.50. The van der Waals surface area contributed by atoms with Crippen LogP contribution in [0.3, 0.4) is 0 Å². The lowest BCUT2D eigenvalue weighted by Crippen LogP contribution is -2.67. The molecule has 1 unspecified atom stereocenters. The van der Waals surface area contributed by atoms with E-state index in [0.717, 1.165) is 0 Å². The first-order valence-electron chi connectivity index (χ1n) is 4.35. The summed E-state index contributed by atoms with van der Waals surface area (Å²) in [6.07, 6.45) is -0.653. The van der Waals surface area contributed by atoms with Gasteiger partial charge in [-0.1, -0.05) is 0 Å². The standard InChI is InChI=1S/C7H8N4O3/c12-4-7-3(1-8-11-7)2-14-5(7)10-6(13)9-4/h3,5H,1-2H2,(H2,9,10,12,13)/t3-,5-,7?/m1/s1. The molecule has 3 aliphatic heterocycles. The molecule has 2 N–H and O–H groups in total. The minimum absolute atomic E-state index is 0.0481. The molecular weight excluding hydrogens is 188 g/mol. The SMILES string of the molecule is O=C1NC(=O)C23N=NC[C@@H]2CO[C@H]3N1. The Morgan fingerprint density at radius 2 is 2.36 bits per heavy atom. The van der Waals surface area contributed by atoms with Crippen LogP contribution < -0.4 is 10.6 Å². The van der Waals surface area contributed by atoms with E-state index < -0.39 is 23.7 Å². The van der Waals surface area contributed by atoms with E-state index >= 15 is 0 Å². The largest absolute Gasteiger partial charge is 0.355 e. The van der Waals surface area contributed by atoms with E-state index in [9.17, 15) is 9.59 Å². The molecule has 0 aromatic carbocycles. The van der Waals surface area contributed by atoms with Crippen LogP contribution in [-0.2, 0) is 9.53 Å². The fraction of sp³-hybridized carbons (Fsp3) is 0.714. The van der Waals surface area contributed by atoms with Crippen LogP contribution in [0.25, 0.3) is 0 Å². The monoisotopic (exact) mass is 196 g/mol. The van der Waals surface area contributed by atoms with E-state index in [-0.39, 0.29) is 5.92 Å². The third-order valence-corrected chi connectivity index (χ3v) is 2.88. The van der Waals surface area contributed by atoms with Crippen molar-refractivity contribution < 1.29 is 14.3 Å². The van der Waals surface area contributed by atoms with Crippen LogP contribution in [0.15, 0.2) is 10.2 Å². The van der Waals surface area contributed by atoms with Crippen molar-refractivity contribution in [2.24, 2.45) is 16.1 Å². The van der Waals surface area contributed by atoms with E-state index in [1.165, 1.54) is 0 Å². The number of imide groups is 1. The molecule has 3 rings (SSSR count). The molecule has 7 nitrogen and oxygen atoms in total. The molecule has 14 heavy (non-hydrogen) atoms. The van der Waals surface area contributed by atoms with E-state index in [2.05, 4.69) is 20.9 Å². The minimum Gasteiger partial charge on any atom is -0.355 e. The first kappa shape index (κ1) is 7.86. The van der Waals surface area contributed by atoms with Crippen molar-refractivity contribution in [1.82, 2.24) is 10.6 Å². The number of carbonyl (C=O) groups excluding carboxylic acids is 2. The van der Waals surface area contributed by atoms with Gasteiger partial charge in [0.25, 0.3) is 5.91 Å². The predicted octanol–water partition coefficient (Wildman–Crippen LogP) is -0.997. The molecule has 0 aromatic heterocycles. The lowest BCUT2D eigenvalue weighted by molar-refractivity contribution is -0.129. The average Bonchev–Trinajstić information content (AvgIpc) is 2.64. The molecule has 3 heterocycles. The lowest BCUT2D eigenvalue weighted by Gasteiger charge is -2.32. The first-order valence-corrected chi connectivity index (χ1v) is 4.35. The summed E-state index contributed by atoms with van der Waals surface area (Å²) in [5.74, 6) is -0.455. The van der Waals surface area contributed by atoms with Crippen LogP contribution in [0, 0.1) is 5.92 Å². The summed E-state index contributed by atoms with van der Waals surface area (Å²) in [6, 6.07) is -0.534. The van der Waals surface area contributed by atoms with Gasteiger partial charge in [0, 0.05) is 5.92 Å². The van der Waals surface area contributed by atoms with E-state index in [0.29, 0.717) is 13.2 Å². The van der Waals surface area contributed by atoms with Crippen LogP contribution in [-0.4, -0.2) is 36.9 Å². The van der Waals surface area contributed by atoms with Gasteiger partial charge in [0.05, 0.1) is 13.2 Å². The van der Waals surface area contributed by atoms with Crippen molar-refractivity contribution in [3.63, 3.8) is 0 Å². The van der Waals surface area contributed by atoms with Gasteiger partial charge in [0.15, 0.2) is 6.23 Å². The summed E-state index contributed by atoms with van der Waals surface area (Å²) in [7, 11) is 0. The van der Waals surface area contributed by atoms with Gasteiger partial charge in [0.1, 0.15) is 0 Å². The molecule has 1 spiro atoms. The number of hydrogen-bond donors (Lipinski definition) is 2. The summed E-state index contributed by atoms with van der Waals surface area (Å²) >= 11 is 0. The lowest BCUT2D eigenvalue weighted by atomic mass is 9.85. The summed E-state index contributed by atoms with van der Waals surface area (Å²) in [4.78, 5) is 22.7. The highest BCUT2D eigenvalue weighted by molar-refractivity contribution is 6.03. The molecule has 74 valence electrons. The van der Waals surface area contributed by atoms with Crippen molar-refractivity contribution in [3.05, 3.63) is 0 Å². The number of carbonyl (C=O) groups is 2. The normalized spacial score (nSPS) is 44.3. The smallest absolute Gasteiger partial charge is 0.323 e. The summed E-state index contributed by atoms with van der Waals surface area (Å²) in [6.45, 7) is 0.894. The van der Waals surface area contributed by atoms with Gasteiger partial charge < -0.3 is 10.1 Å². The molecule has 3 atom stereocenters. The second kappa shape index (κ2) is 2.30. The number of nitrogens with one attached hydrogen (secondary N) is 2. The van der Waals surface area contributed by atoms with Crippen molar-refractivity contribution in [3.8, 4) is 0 Å². The highest BCUT2D eigenvalue weighted by Crippen LogP contribution is 2.40. The summed E-state index contributed by atoms with van der Waals surface area (Å²) in [5, 5.41) is 12.5. The zero-order chi connectivity index (χ0) is 9.76. The van der Waals surface area contributed by atoms with Crippen molar-refractivity contribution >= 4 is 11.9 Å². The number of hydrogen-bond acceptors (Lipinski definition) is 5. The molecule has 0 radical (unpaired) electrons. The van der Waals surface area contributed by atoms with Crippen LogP contribution in [0.1, 0.15) is 0 Å². The number of azo groups is 1. The summed E-state index contributed by atoms with van der Waals surface area (Å²) in [5.41, 5.74) is -1.01. The minimum atomic E-state index is -1.01. The van der Waals surface area contributed by atoms with Crippen LogP contribution in [0.5, 0.6) is 0 Å². The Morgan fingerprint density at radius 3 is 3.21 bits per heavy atom. The Balaban J connectivity index is 2.06. The van der Waals surface area contributed by atoms with Gasteiger partial charge in [-0.15, -0.1) is 0 Å². The second-order valence-electron chi connectivity index (χ2n) is 3.59. The molecule has 3 amide bonds. The zero-order valence-electron chi connectivity index (χ0n) is 7.19. The van der Waals surface area contributed by atoms with Gasteiger partial charge >= 0.3 is 6.03 Å². The molecule has 2 saturated heterocycles. The molecule has 0 saturated carbocycles. The fourth-order valence-electron chi connectivity index (χ4n) is 2.12. The highest BCUT2D eigenvalue weighted by atomic mass is 16.5. The second-order valence-corrected chi connectivity index (χ2v) is 3.59. The molecule has 0 aliphatic carbocycles. The van der Waals surface area contributed by atoms with Crippen molar-refractivity contribution in [2.45, 2.75) is 11.8 Å². The Kier molecular flexibility index (Phi) is 1.29. The maximum absolute atomic E-state index is 11.7. The fourth-order valence-corrected chi connectivity index (χ4v) is 2.12. The molecule has 7 heteroatoms. The van der Waals surface area contributed by atoms with Crippen molar-refractivity contribution in [1.29, 1.82) is 0 Å². The topological polar surface area (TPSA) is 92.2 Å². The molecule has 2 fully saturated rings. The molecule has 0 aromatic rings. The maximum Gasteiger partial charge on any atom is 0.323 e. The van der Waals surface area contributed by atoms with Gasteiger partial charge in [-0.3, -0.25) is 10.1 Å². The molecule has 3 aliphatic rings. The first-order chi connectivity index (χ1) is 6.73. The van der Waals surface area contributed by atoms with E-state index in [1.807, 2.05) is 0 Å². The maximum atomic E-state index is 11.7. The van der Waals surface area contributed by atoms with Gasteiger partial charge in [0.2, 0.25) is 5.54 Å². The number of amides is 3. The van der Waals surface area contributed by atoms with Crippen LogP contribution in [0.4, 0.5) is 4.79 Å². The number of ether oxygens (including phenoxy) is 1. The third kappa shape index (κ3) is 0.711. The van der Waals surface area contributed by atoms with Gasteiger partial charge in [-0.25, -0.2) is 4.79 Å².